The average molecular weight is 500 g/mol. The standard InChI is InChI=1S/C25H33N5O2S2/c1-5-21-23(17(3)33-25-27-16(2)14-22(26)28-25)29-24(34-21)18-8-9-19(31-4)20(15-18)32-13-12-30-10-6-7-11-30/h8-9,14-15,17H,5-7,10-13H2,1-4H3,(H2,26,27,28)/t17-/m0/s1. The van der Waals surface area contributed by atoms with Crippen LogP contribution in [0, 0.1) is 6.92 Å². The van der Waals surface area contributed by atoms with Crippen molar-refractivity contribution >= 4 is 28.9 Å². The molecule has 1 atom stereocenters. The minimum atomic E-state index is 0.107. The lowest BCUT2D eigenvalue weighted by Crippen LogP contribution is -2.25. The van der Waals surface area contributed by atoms with Crippen molar-refractivity contribution in [3.05, 3.63) is 40.5 Å². The van der Waals surface area contributed by atoms with Crippen LogP contribution in [0.15, 0.2) is 29.4 Å². The first-order valence-corrected chi connectivity index (χ1v) is 13.5. The summed E-state index contributed by atoms with van der Waals surface area (Å²) in [6, 6.07) is 7.85. The maximum atomic E-state index is 6.14. The Kier molecular flexibility index (Phi) is 8.28. The fraction of sp³-hybridized carbons (Fsp3) is 0.480. The highest BCUT2D eigenvalue weighted by molar-refractivity contribution is 7.99. The van der Waals surface area contributed by atoms with Gasteiger partial charge in [-0.3, -0.25) is 4.90 Å². The zero-order chi connectivity index (χ0) is 24.1. The fourth-order valence-corrected chi connectivity index (χ4v) is 6.25. The molecule has 2 N–H and O–H groups in total. The maximum Gasteiger partial charge on any atom is 0.190 e. The van der Waals surface area contributed by atoms with Crippen molar-refractivity contribution in [2.75, 3.05) is 39.1 Å². The Morgan fingerprint density at radius 1 is 1.15 bits per heavy atom. The molecule has 1 aliphatic rings. The lowest BCUT2D eigenvalue weighted by atomic mass is 10.2. The second-order valence-electron chi connectivity index (χ2n) is 8.42. The molecule has 0 spiro atoms. The van der Waals surface area contributed by atoms with E-state index in [4.69, 9.17) is 20.2 Å². The number of aryl methyl sites for hydroxylation is 2. The van der Waals surface area contributed by atoms with Crippen LogP contribution < -0.4 is 15.2 Å². The Labute approximate surface area is 210 Å². The summed E-state index contributed by atoms with van der Waals surface area (Å²) in [4.78, 5) is 17.7. The number of hydrogen-bond donors (Lipinski definition) is 1. The minimum absolute atomic E-state index is 0.107. The quantitative estimate of drug-likeness (QED) is 0.293. The third-order valence-corrected chi connectivity index (χ3v) is 8.08. The number of nitrogens with zero attached hydrogens (tertiary/aromatic N) is 4. The SMILES string of the molecule is CCc1sc(-c2ccc(OC)c(OCCN3CCCC3)c2)nc1[C@H](C)Sc1nc(C)cc(N)n1. The van der Waals surface area contributed by atoms with Crippen LogP contribution in [0.3, 0.4) is 0 Å². The highest BCUT2D eigenvalue weighted by Crippen LogP contribution is 2.40. The lowest BCUT2D eigenvalue weighted by Gasteiger charge is -2.16. The summed E-state index contributed by atoms with van der Waals surface area (Å²) < 4.78 is 11.7. The number of benzene rings is 1. The number of anilines is 1. The van der Waals surface area contributed by atoms with Gasteiger partial charge in [0.25, 0.3) is 0 Å². The molecule has 9 heteroatoms. The van der Waals surface area contributed by atoms with E-state index in [0.29, 0.717) is 17.6 Å². The molecule has 182 valence electrons. The summed E-state index contributed by atoms with van der Waals surface area (Å²) in [5.74, 6) is 2.00. The Balaban J connectivity index is 1.53. The van der Waals surface area contributed by atoms with Gasteiger partial charge in [0.05, 0.1) is 18.1 Å². The Morgan fingerprint density at radius 2 is 1.94 bits per heavy atom. The van der Waals surface area contributed by atoms with Crippen molar-refractivity contribution in [3.8, 4) is 22.1 Å². The first-order valence-electron chi connectivity index (χ1n) is 11.8. The monoisotopic (exact) mass is 499 g/mol. The van der Waals surface area contributed by atoms with E-state index in [-0.39, 0.29) is 5.25 Å². The van der Waals surface area contributed by atoms with Crippen LogP contribution in [0.5, 0.6) is 11.5 Å². The molecule has 7 nitrogen and oxygen atoms in total. The van der Waals surface area contributed by atoms with Gasteiger partial charge in [-0.15, -0.1) is 11.3 Å². The van der Waals surface area contributed by atoms with Crippen molar-refractivity contribution < 1.29 is 9.47 Å². The Bertz CT molecular complexity index is 1090. The highest BCUT2D eigenvalue weighted by atomic mass is 32.2. The summed E-state index contributed by atoms with van der Waals surface area (Å²) in [6.07, 6.45) is 3.49. The lowest BCUT2D eigenvalue weighted by molar-refractivity contribution is 0.230. The van der Waals surface area contributed by atoms with Gasteiger partial charge in [-0.2, -0.15) is 0 Å². The molecule has 0 amide bonds. The average Bonchev–Trinajstić information content (AvgIpc) is 3.48. The number of nitrogens with two attached hydrogens (primary N) is 1. The number of thiazole rings is 1. The first-order chi connectivity index (χ1) is 16.5. The zero-order valence-corrected chi connectivity index (χ0v) is 22.0. The van der Waals surface area contributed by atoms with Crippen LogP contribution in [0.4, 0.5) is 5.82 Å². The molecule has 0 saturated carbocycles. The summed E-state index contributed by atoms with van der Waals surface area (Å²) in [7, 11) is 1.68. The van der Waals surface area contributed by atoms with Gasteiger partial charge >= 0.3 is 0 Å². The van der Waals surface area contributed by atoms with Gasteiger partial charge in [0.1, 0.15) is 17.4 Å². The molecule has 0 unspecified atom stereocenters. The van der Waals surface area contributed by atoms with Crippen molar-refractivity contribution in [2.24, 2.45) is 0 Å². The maximum absolute atomic E-state index is 6.14. The highest BCUT2D eigenvalue weighted by Gasteiger charge is 2.20. The molecule has 1 saturated heterocycles. The molecule has 2 aromatic heterocycles. The van der Waals surface area contributed by atoms with Crippen LogP contribution in [0.25, 0.3) is 10.6 Å². The second kappa shape index (κ2) is 11.4. The second-order valence-corrected chi connectivity index (χ2v) is 10.8. The Morgan fingerprint density at radius 3 is 2.65 bits per heavy atom. The third kappa shape index (κ3) is 6.00. The fourth-order valence-electron chi connectivity index (χ4n) is 4.10. The molecule has 3 aromatic rings. The van der Waals surface area contributed by atoms with E-state index in [1.165, 1.54) is 30.8 Å². The number of likely N-dealkylation sites (tertiary alicyclic amines) is 1. The van der Waals surface area contributed by atoms with Crippen LogP contribution >= 0.6 is 23.1 Å². The number of thioether (sulfide) groups is 1. The number of ether oxygens (including phenoxy) is 2. The van der Waals surface area contributed by atoms with Crippen molar-refractivity contribution in [1.29, 1.82) is 0 Å². The molecule has 1 fully saturated rings. The number of nitrogen functional groups attached to an aromatic ring is 1. The van der Waals surface area contributed by atoms with E-state index in [0.717, 1.165) is 46.4 Å². The van der Waals surface area contributed by atoms with Gasteiger partial charge in [-0.25, -0.2) is 15.0 Å². The largest absolute Gasteiger partial charge is 0.493 e. The van der Waals surface area contributed by atoms with E-state index in [9.17, 15) is 0 Å². The van der Waals surface area contributed by atoms with Crippen molar-refractivity contribution in [3.63, 3.8) is 0 Å². The zero-order valence-electron chi connectivity index (χ0n) is 20.3. The van der Waals surface area contributed by atoms with Gasteiger partial charge in [-0.05, 0) is 64.4 Å². The van der Waals surface area contributed by atoms with Crippen LogP contribution in [0.2, 0.25) is 0 Å². The molecule has 3 heterocycles. The molecule has 0 radical (unpaired) electrons. The third-order valence-electron chi connectivity index (χ3n) is 5.84. The molecular weight excluding hydrogens is 466 g/mol. The van der Waals surface area contributed by atoms with Crippen LogP contribution in [-0.4, -0.2) is 53.2 Å². The normalized spacial score (nSPS) is 14.9. The van der Waals surface area contributed by atoms with Gasteiger partial charge < -0.3 is 15.2 Å². The number of rotatable bonds is 10. The van der Waals surface area contributed by atoms with E-state index in [1.807, 2.05) is 19.1 Å². The predicted octanol–water partition coefficient (Wildman–Crippen LogP) is 5.39. The first kappa shape index (κ1) is 24.8. The summed E-state index contributed by atoms with van der Waals surface area (Å²) >= 11 is 3.32. The van der Waals surface area contributed by atoms with E-state index in [1.54, 1.807) is 36.3 Å². The summed E-state index contributed by atoms with van der Waals surface area (Å²) in [5.41, 5.74) is 8.89. The molecule has 4 rings (SSSR count). The smallest absolute Gasteiger partial charge is 0.190 e. The van der Waals surface area contributed by atoms with Gasteiger partial charge in [0, 0.05) is 28.7 Å². The van der Waals surface area contributed by atoms with E-state index >= 15 is 0 Å². The Hall–Kier alpha value is -2.36. The molecule has 1 aromatic carbocycles. The van der Waals surface area contributed by atoms with Crippen molar-refractivity contribution in [1.82, 2.24) is 19.9 Å². The van der Waals surface area contributed by atoms with Gasteiger partial charge in [-0.1, -0.05) is 18.7 Å². The van der Waals surface area contributed by atoms with E-state index < -0.39 is 0 Å². The predicted molar refractivity (Wildman–Crippen MR) is 140 cm³/mol. The molecule has 0 bridgehead atoms. The topological polar surface area (TPSA) is 86.4 Å². The minimum Gasteiger partial charge on any atom is -0.493 e. The number of methoxy groups -OCH3 is 1. The van der Waals surface area contributed by atoms with Crippen LogP contribution in [-0.2, 0) is 6.42 Å². The van der Waals surface area contributed by atoms with Crippen molar-refractivity contribution in [2.45, 2.75) is 50.4 Å². The summed E-state index contributed by atoms with van der Waals surface area (Å²) in [6.45, 7) is 10.2. The van der Waals surface area contributed by atoms with Gasteiger partial charge in [0.2, 0.25) is 0 Å². The molecule has 1 aliphatic heterocycles. The molecular formula is C25H33N5O2S2. The summed E-state index contributed by atoms with van der Waals surface area (Å²) in [5, 5.41) is 1.77. The number of aromatic nitrogens is 3. The van der Waals surface area contributed by atoms with Gasteiger partial charge in [0.15, 0.2) is 16.7 Å². The van der Waals surface area contributed by atoms with E-state index in [2.05, 4.69) is 34.8 Å². The molecule has 0 aliphatic carbocycles. The number of hydrogen-bond acceptors (Lipinski definition) is 9. The van der Waals surface area contributed by atoms with Crippen LogP contribution in [0.1, 0.15) is 48.2 Å². The molecule has 34 heavy (non-hydrogen) atoms.